The van der Waals surface area contributed by atoms with Crippen LogP contribution in [0.4, 0.5) is 4.39 Å². The van der Waals surface area contributed by atoms with Crippen LogP contribution in [0.15, 0.2) is 29.6 Å². The van der Waals surface area contributed by atoms with E-state index in [4.69, 9.17) is 23.8 Å². The van der Waals surface area contributed by atoms with Crippen molar-refractivity contribution >= 4 is 35.2 Å². The van der Waals surface area contributed by atoms with Gasteiger partial charge in [-0.05, 0) is 29.9 Å². The molecule has 0 N–H and O–H groups in total. The van der Waals surface area contributed by atoms with Gasteiger partial charge in [0.25, 0.3) is 0 Å². The topological polar surface area (TPSA) is 4.93 Å². The van der Waals surface area contributed by atoms with Crippen molar-refractivity contribution in [3.05, 3.63) is 50.7 Å². The van der Waals surface area contributed by atoms with Crippen LogP contribution in [0.2, 0.25) is 0 Å². The van der Waals surface area contributed by atoms with Crippen molar-refractivity contribution in [2.45, 2.75) is 11.8 Å². The minimum Gasteiger partial charge on any atom is -0.330 e. The Morgan fingerprint density at radius 1 is 1.41 bits per heavy atom. The number of hydrogen-bond acceptors (Lipinski definition) is 2. The summed E-state index contributed by atoms with van der Waals surface area (Å²) in [5.41, 5.74) is 2.02. The molecule has 0 spiro atoms. The van der Waals surface area contributed by atoms with E-state index in [2.05, 4.69) is 0 Å². The standard InChI is InChI=1S/C12H11ClFNS2/c1-15-10(7-17-12(15)16)6-11(13)8-2-4-9(14)5-3-8/h2-5,7,11H,6H2,1H3. The Bertz CT molecular complexity index is 559. The molecule has 1 aromatic heterocycles. The molecule has 0 aliphatic carbocycles. The Morgan fingerprint density at radius 2 is 2.06 bits per heavy atom. The quantitative estimate of drug-likeness (QED) is 0.595. The minimum atomic E-state index is -0.244. The SMILES string of the molecule is Cn1c(CC(Cl)c2ccc(F)cc2)csc1=S. The molecule has 0 bridgehead atoms. The van der Waals surface area contributed by atoms with Crippen molar-refractivity contribution in [3.8, 4) is 0 Å². The van der Waals surface area contributed by atoms with E-state index in [9.17, 15) is 4.39 Å². The zero-order chi connectivity index (χ0) is 12.4. The zero-order valence-corrected chi connectivity index (χ0v) is 11.6. The number of rotatable bonds is 3. The molecular formula is C12H11ClFNS2. The van der Waals surface area contributed by atoms with Crippen molar-refractivity contribution < 1.29 is 4.39 Å². The van der Waals surface area contributed by atoms with Gasteiger partial charge in [0.2, 0.25) is 0 Å². The first kappa shape index (κ1) is 12.7. The van der Waals surface area contributed by atoms with E-state index in [-0.39, 0.29) is 11.2 Å². The van der Waals surface area contributed by atoms with E-state index in [1.807, 2.05) is 17.0 Å². The van der Waals surface area contributed by atoms with E-state index < -0.39 is 0 Å². The molecule has 1 aromatic carbocycles. The maximum Gasteiger partial charge on any atom is 0.160 e. The predicted octanol–water partition coefficient (Wildman–Crippen LogP) is 4.48. The molecule has 0 aliphatic rings. The summed E-state index contributed by atoms with van der Waals surface area (Å²) in [5.74, 6) is -0.244. The molecule has 2 aromatic rings. The lowest BCUT2D eigenvalue weighted by Gasteiger charge is -2.10. The number of hydrogen-bond donors (Lipinski definition) is 0. The van der Waals surface area contributed by atoms with Crippen LogP contribution in [-0.4, -0.2) is 4.57 Å². The number of benzene rings is 1. The normalized spacial score (nSPS) is 12.6. The third-order valence-electron chi connectivity index (χ3n) is 2.62. The summed E-state index contributed by atoms with van der Waals surface area (Å²) in [6.45, 7) is 0. The Labute approximate surface area is 113 Å². The van der Waals surface area contributed by atoms with E-state index in [1.54, 1.807) is 12.1 Å². The molecule has 5 heteroatoms. The summed E-state index contributed by atoms with van der Waals surface area (Å²) in [4.78, 5) is 0. The molecule has 2 rings (SSSR count). The average Bonchev–Trinajstić information content (AvgIpc) is 2.62. The first-order valence-electron chi connectivity index (χ1n) is 5.11. The van der Waals surface area contributed by atoms with Gasteiger partial charge >= 0.3 is 0 Å². The lowest BCUT2D eigenvalue weighted by molar-refractivity contribution is 0.626. The van der Waals surface area contributed by atoms with Crippen LogP contribution in [-0.2, 0) is 13.5 Å². The van der Waals surface area contributed by atoms with Crippen molar-refractivity contribution in [1.29, 1.82) is 0 Å². The summed E-state index contributed by atoms with van der Waals surface area (Å²) in [5, 5.41) is 1.85. The number of aromatic nitrogens is 1. The van der Waals surface area contributed by atoms with Gasteiger partial charge in [0.05, 0.1) is 5.38 Å². The predicted molar refractivity (Wildman–Crippen MR) is 72.8 cm³/mol. The van der Waals surface area contributed by atoms with Gasteiger partial charge in [-0.1, -0.05) is 12.1 Å². The maximum absolute atomic E-state index is 12.8. The Hall–Kier alpha value is -0.710. The van der Waals surface area contributed by atoms with Gasteiger partial charge < -0.3 is 4.57 Å². The molecule has 0 aliphatic heterocycles. The first-order chi connectivity index (χ1) is 8.08. The van der Waals surface area contributed by atoms with E-state index in [0.29, 0.717) is 6.42 Å². The summed E-state index contributed by atoms with van der Waals surface area (Å²) in [7, 11) is 1.93. The fourth-order valence-corrected chi connectivity index (χ4v) is 2.88. The van der Waals surface area contributed by atoms with E-state index >= 15 is 0 Å². The minimum absolute atomic E-state index is 0.161. The molecule has 1 unspecified atom stereocenters. The Morgan fingerprint density at radius 3 is 2.59 bits per heavy atom. The second-order valence-corrected chi connectivity index (χ2v) is 5.81. The van der Waals surface area contributed by atoms with Crippen LogP contribution in [0.25, 0.3) is 0 Å². The highest BCUT2D eigenvalue weighted by Crippen LogP contribution is 2.26. The van der Waals surface area contributed by atoms with Crippen LogP contribution < -0.4 is 0 Å². The van der Waals surface area contributed by atoms with Crippen LogP contribution in [0.5, 0.6) is 0 Å². The molecule has 0 fully saturated rings. The fraction of sp³-hybridized carbons (Fsp3) is 0.250. The third-order valence-corrected chi connectivity index (χ3v) is 4.45. The summed E-state index contributed by atoms with van der Waals surface area (Å²) < 4.78 is 15.6. The van der Waals surface area contributed by atoms with Crippen LogP contribution in [0.1, 0.15) is 16.6 Å². The monoisotopic (exact) mass is 287 g/mol. The molecule has 0 saturated heterocycles. The van der Waals surface area contributed by atoms with E-state index in [0.717, 1.165) is 15.2 Å². The van der Waals surface area contributed by atoms with Gasteiger partial charge in [0.15, 0.2) is 3.95 Å². The molecule has 0 radical (unpaired) electrons. The second-order valence-electron chi connectivity index (χ2n) is 3.78. The summed E-state index contributed by atoms with van der Waals surface area (Å²) in [6, 6.07) is 6.29. The van der Waals surface area contributed by atoms with Gasteiger partial charge in [0.1, 0.15) is 5.82 Å². The highest BCUT2D eigenvalue weighted by molar-refractivity contribution is 7.73. The number of nitrogens with zero attached hydrogens (tertiary/aromatic N) is 1. The third kappa shape index (κ3) is 2.94. The largest absolute Gasteiger partial charge is 0.330 e. The van der Waals surface area contributed by atoms with Crippen molar-refractivity contribution in [1.82, 2.24) is 4.57 Å². The average molecular weight is 288 g/mol. The molecule has 17 heavy (non-hydrogen) atoms. The van der Waals surface area contributed by atoms with Crippen LogP contribution in [0, 0.1) is 9.77 Å². The van der Waals surface area contributed by atoms with Crippen molar-refractivity contribution in [2.75, 3.05) is 0 Å². The zero-order valence-electron chi connectivity index (χ0n) is 9.19. The number of thiazole rings is 1. The highest BCUT2D eigenvalue weighted by Gasteiger charge is 2.11. The Kier molecular flexibility index (Phi) is 3.97. The summed E-state index contributed by atoms with van der Waals surface area (Å²) >= 11 is 13.0. The fourth-order valence-electron chi connectivity index (χ4n) is 1.55. The van der Waals surface area contributed by atoms with Gasteiger partial charge in [-0.2, -0.15) is 0 Å². The lowest BCUT2D eigenvalue weighted by atomic mass is 10.1. The van der Waals surface area contributed by atoms with Crippen LogP contribution >= 0.6 is 35.2 Å². The highest BCUT2D eigenvalue weighted by atomic mass is 35.5. The van der Waals surface area contributed by atoms with Crippen molar-refractivity contribution in [3.63, 3.8) is 0 Å². The number of alkyl halides is 1. The molecule has 1 nitrogen and oxygen atoms in total. The second kappa shape index (κ2) is 5.29. The molecular weight excluding hydrogens is 277 g/mol. The first-order valence-corrected chi connectivity index (χ1v) is 6.83. The molecule has 1 atom stereocenters. The van der Waals surface area contributed by atoms with E-state index in [1.165, 1.54) is 23.5 Å². The van der Waals surface area contributed by atoms with Gasteiger partial charge in [-0.25, -0.2) is 4.39 Å². The smallest absolute Gasteiger partial charge is 0.160 e. The van der Waals surface area contributed by atoms with Crippen molar-refractivity contribution in [2.24, 2.45) is 7.05 Å². The summed E-state index contributed by atoms with van der Waals surface area (Å²) in [6.07, 6.45) is 0.691. The molecule has 0 amide bonds. The van der Waals surface area contributed by atoms with Gasteiger partial charge in [-0.15, -0.1) is 22.9 Å². The maximum atomic E-state index is 12.8. The lowest BCUT2D eigenvalue weighted by Crippen LogP contribution is -2.01. The van der Waals surface area contributed by atoms with Gasteiger partial charge in [-0.3, -0.25) is 0 Å². The number of halogens is 2. The molecule has 90 valence electrons. The van der Waals surface area contributed by atoms with Gasteiger partial charge in [0, 0.05) is 24.5 Å². The molecule has 0 saturated carbocycles. The van der Waals surface area contributed by atoms with Crippen LogP contribution in [0.3, 0.4) is 0 Å². The molecule has 1 heterocycles. The Balaban J connectivity index is 2.16.